The Morgan fingerprint density at radius 2 is 2.04 bits per heavy atom. The van der Waals surface area contributed by atoms with Gasteiger partial charge in [0.05, 0.1) is 16.7 Å². The molecule has 0 amide bonds. The van der Waals surface area contributed by atoms with Crippen molar-refractivity contribution in [2.24, 2.45) is 13.0 Å². The number of nitrogens with one attached hydrogen (secondary N) is 1. The molecule has 2 aliphatic rings. The average Bonchev–Trinajstić information content (AvgIpc) is 3.18. The summed E-state index contributed by atoms with van der Waals surface area (Å²) >= 11 is 0. The molecule has 3 heterocycles. The molecule has 1 aliphatic heterocycles. The molecule has 0 atom stereocenters. The zero-order valence-corrected chi connectivity index (χ0v) is 14.4. The van der Waals surface area contributed by atoms with Crippen LogP contribution in [-0.4, -0.2) is 39.4 Å². The van der Waals surface area contributed by atoms with Crippen molar-refractivity contribution in [3.8, 4) is 0 Å². The van der Waals surface area contributed by atoms with E-state index in [0.717, 1.165) is 55.3 Å². The standard InChI is InChI=1S/C19H22N6/c1-24-17-8-3-2-6-16(17)21-19(24)20-10-13-11-25(12-13)18-9-14-5-4-7-15(14)22-23-18/h2-3,6,8-9,13H,4-5,7,10-12H2,1H3,(H,20,21). The Morgan fingerprint density at radius 3 is 2.92 bits per heavy atom. The fraction of sp³-hybridized carbons (Fsp3) is 0.421. The Balaban J connectivity index is 1.21. The van der Waals surface area contributed by atoms with Crippen LogP contribution in [0.1, 0.15) is 17.7 Å². The SMILES string of the molecule is Cn1c(NCC2CN(c3cc4c(nn3)CCC4)C2)nc2ccccc21. The van der Waals surface area contributed by atoms with Gasteiger partial charge in [-0.3, -0.25) is 0 Å². The summed E-state index contributed by atoms with van der Waals surface area (Å²) < 4.78 is 2.12. The van der Waals surface area contributed by atoms with Gasteiger partial charge in [0.15, 0.2) is 5.82 Å². The van der Waals surface area contributed by atoms with Crippen LogP contribution >= 0.6 is 0 Å². The molecule has 0 spiro atoms. The lowest BCUT2D eigenvalue weighted by Crippen LogP contribution is -2.50. The lowest BCUT2D eigenvalue weighted by molar-refractivity contribution is 0.424. The van der Waals surface area contributed by atoms with Gasteiger partial charge in [0, 0.05) is 32.6 Å². The molecule has 0 saturated carbocycles. The summed E-state index contributed by atoms with van der Waals surface area (Å²) in [6.45, 7) is 3.00. The van der Waals surface area contributed by atoms with Gasteiger partial charge in [-0.1, -0.05) is 12.1 Å². The minimum Gasteiger partial charge on any atom is -0.355 e. The van der Waals surface area contributed by atoms with Crippen molar-refractivity contribution in [1.29, 1.82) is 0 Å². The van der Waals surface area contributed by atoms with Gasteiger partial charge >= 0.3 is 0 Å². The summed E-state index contributed by atoms with van der Waals surface area (Å²) in [5.74, 6) is 2.60. The van der Waals surface area contributed by atoms with E-state index in [1.165, 1.54) is 17.7 Å². The second kappa shape index (κ2) is 5.72. The smallest absolute Gasteiger partial charge is 0.203 e. The lowest BCUT2D eigenvalue weighted by atomic mass is 10.00. The summed E-state index contributed by atoms with van der Waals surface area (Å²) in [5, 5.41) is 12.3. The van der Waals surface area contributed by atoms with Gasteiger partial charge in [0.25, 0.3) is 0 Å². The number of hydrogen-bond donors (Lipinski definition) is 1. The van der Waals surface area contributed by atoms with Crippen LogP contribution in [-0.2, 0) is 19.9 Å². The van der Waals surface area contributed by atoms with E-state index in [1.54, 1.807) is 0 Å². The summed E-state index contributed by atoms with van der Waals surface area (Å²) in [6, 6.07) is 10.5. The number of aromatic nitrogens is 4. The first-order chi connectivity index (χ1) is 12.3. The first kappa shape index (κ1) is 14.7. The number of hydrogen-bond acceptors (Lipinski definition) is 5. The van der Waals surface area contributed by atoms with Gasteiger partial charge in [-0.25, -0.2) is 4.98 Å². The van der Waals surface area contributed by atoms with Crippen molar-refractivity contribution in [2.45, 2.75) is 19.3 Å². The van der Waals surface area contributed by atoms with Crippen molar-refractivity contribution in [2.75, 3.05) is 29.9 Å². The summed E-state index contributed by atoms with van der Waals surface area (Å²) in [5.41, 5.74) is 4.79. The van der Waals surface area contributed by atoms with Gasteiger partial charge in [-0.15, -0.1) is 5.10 Å². The van der Waals surface area contributed by atoms with Gasteiger partial charge in [0.2, 0.25) is 5.95 Å². The maximum Gasteiger partial charge on any atom is 0.203 e. The first-order valence-corrected chi connectivity index (χ1v) is 9.04. The van der Waals surface area contributed by atoms with Crippen LogP contribution in [0.15, 0.2) is 30.3 Å². The van der Waals surface area contributed by atoms with E-state index in [9.17, 15) is 0 Å². The maximum atomic E-state index is 4.68. The molecule has 2 aromatic heterocycles. The third-order valence-corrected chi connectivity index (χ3v) is 5.42. The molecule has 0 radical (unpaired) electrons. The largest absolute Gasteiger partial charge is 0.355 e. The maximum absolute atomic E-state index is 4.68. The van der Waals surface area contributed by atoms with Crippen molar-refractivity contribution in [3.05, 3.63) is 41.6 Å². The van der Waals surface area contributed by atoms with Gasteiger partial charge in [-0.05, 0) is 43.0 Å². The molecule has 1 N–H and O–H groups in total. The third-order valence-electron chi connectivity index (χ3n) is 5.42. The Kier molecular flexibility index (Phi) is 3.36. The predicted octanol–water partition coefficient (Wildman–Crippen LogP) is 2.40. The van der Waals surface area contributed by atoms with E-state index >= 15 is 0 Å². The Hall–Kier alpha value is -2.63. The molecule has 0 unspecified atom stereocenters. The minimum atomic E-state index is 0.620. The monoisotopic (exact) mass is 334 g/mol. The molecule has 0 bridgehead atoms. The van der Waals surface area contributed by atoms with E-state index in [4.69, 9.17) is 0 Å². The van der Waals surface area contributed by atoms with Crippen LogP contribution in [0, 0.1) is 5.92 Å². The normalized spacial score (nSPS) is 16.9. The van der Waals surface area contributed by atoms with Crippen LogP contribution in [0.4, 0.5) is 11.8 Å². The Bertz CT molecular complexity index is 925. The number of para-hydroxylation sites is 2. The molecule has 25 heavy (non-hydrogen) atoms. The molecule has 128 valence electrons. The number of benzene rings is 1. The topological polar surface area (TPSA) is 58.9 Å². The Morgan fingerprint density at radius 1 is 1.16 bits per heavy atom. The summed E-state index contributed by atoms with van der Waals surface area (Å²) in [4.78, 5) is 7.00. The number of imidazole rings is 1. The van der Waals surface area contributed by atoms with Crippen molar-refractivity contribution >= 4 is 22.8 Å². The number of nitrogens with zero attached hydrogens (tertiary/aromatic N) is 5. The zero-order valence-electron chi connectivity index (χ0n) is 14.4. The molecule has 1 aromatic carbocycles. The number of aryl methyl sites for hydroxylation is 3. The zero-order chi connectivity index (χ0) is 16.8. The molecule has 6 nitrogen and oxygen atoms in total. The highest BCUT2D eigenvalue weighted by Crippen LogP contribution is 2.27. The van der Waals surface area contributed by atoms with Crippen LogP contribution in [0.2, 0.25) is 0 Å². The van der Waals surface area contributed by atoms with Crippen LogP contribution < -0.4 is 10.2 Å². The lowest BCUT2D eigenvalue weighted by Gasteiger charge is -2.40. The van der Waals surface area contributed by atoms with Crippen molar-refractivity contribution in [1.82, 2.24) is 19.7 Å². The average molecular weight is 334 g/mol. The van der Waals surface area contributed by atoms with Crippen LogP contribution in [0.25, 0.3) is 11.0 Å². The predicted molar refractivity (Wildman–Crippen MR) is 99.0 cm³/mol. The fourth-order valence-electron chi connectivity index (χ4n) is 3.90. The highest BCUT2D eigenvalue weighted by molar-refractivity contribution is 5.78. The molecule has 1 aliphatic carbocycles. The van der Waals surface area contributed by atoms with Gasteiger partial charge < -0.3 is 14.8 Å². The van der Waals surface area contributed by atoms with Gasteiger partial charge in [0.1, 0.15) is 0 Å². The van der Waals surface area contributed by atoms with E-state index in [2.05, 4.69) is 61.3 Å². The van der Waals surface area contributed by atoms with Crippen molar-refractivity contribution < 1.29 is 0 Å². The summed E-state index contributed by atoms with van der Waals surface area (Å²) in [7, 11) is 2.06. The molecular weight excluding hydrogens is 312 g/mol. The second-order valence-corrected chi connectivity index (χ2v) is 7.16. The van der Waals surface area contributed by atoms with E-state index in [1.807, 2.05) is 6.07 Å². The molecule has 1 saturated heterocycles. The molecule has 5 rings (SSSR count). The minimum absolute atomic E-state index is 0.620. The van der Waals surface area contributed by atoms with Crippen LogP contribution in [0.5, 0.6) is 0 Å². The highest BCUT2D eigenvalue weighted by Gasteiger charge is 2.29. The second-order valence-electron chi connectivity index (χ2n) is 7.16. The van der Waals surface area contributed by atoms with Crippen LogP contribution in [0.3, 0.4) is 0 Å². The molecular formula is C19H22N6. The van der Waals surface area contributed by atoms with Gasteiger partial charge in [-0.2, -0.15) is 5.10 Å². The number of rotatable bonds is 4. The Labute approximate surface area is 146 Å². The van der Waals surface area contributed by atoms with Crippen molar-refractivity contribution in [3.63, 3.8) is 0 Å². The molecule has 1 fully saturated rings. The highest BCUT2D eigenvalue weighted by atomic mass is 15.3. The fourth-order valence-corrected chi connectivity index (χ4v) is 3.90. The quantitative estimate of drug-likeness (QED) is 0.794. The molecule has 6 heteroatoms. The third kappa shape index (κ3) is 2.52. The summed E-state index contributed by atoms with van der Waals surface area (Å²) in [6.07, 6.45) is 3.47. The number of anilines is 2. The molecule has 3 aromatic rings. The van der Waals surface area contributed by atoms with E-state index in [-0.39, 0.29) is 0 Å². The number of fused-ring (bicyclic) bond motifs is 2. The van der Waals surface area contributed by atoms with E-state index < -0.39 is 0 Å². The van der Waals surface area contributed by atoms with E-state index in [0.29, 0.717) is 5.92 Å². The first-order valence-electron chi connectivity index (χ1n) is 9.04.